The standard InChI is InChI=1S/C15H15NO/c1-2-5-12-6-3-4-7-15(12)17-14-10-8-13(16)9-11-14/h2-4,6-11H,1,5,16H2. The third kappa shape index (κ3) is 2.88. The number of allylic oxidation sites excluding steroid dienone is 1. The highest BCUT2D eigenvalue weighted by atomic mass is 16.5. The normalized spacial score (nSPS) is 9.88. The van der Waals surface area contributed by atoms with Crippen molar-refractivity contribution in [3.05, 3.63) is 66.7 Å². The summed E-state index contributed by atoms with van der Waals surface area (Å²) in [5, 5.41) is 0. The lowest BCUT2D eigenvalue weighted by molar-refractivity contribution is 0.478. The maximum atomic E-state index is 5.81. The van der Waals surface area contributed by atoms with Crippen molar-refractivity contribution in [1.29, 1.82) is 0 Å². The molecule has 0 aliphatic rings. The highest BCUT2D eigenvalue weighted by Gasteiger charge is 2.02. The molecule has 0 fully saturated rings. The van der Waals surface area contributed by atoms with Crippen molar-refractivity contribution in [3.63, 3.8) is 0 Å². The average molecular weight is 225 g/mol. The van der Waals surface area contributed by atoms with E-state index in [4.69, 9.17) is 10.5 Å². The fraction of sp³-hybridized carbons (Fsp3) is 0.0667. The minimum atomic E-state index is 0.733. The molecule has 2 aromatic carbocycles. The average Bonchev–Trinajstić information content (AvgIpc) is 2.35. The molecule has 86 valence electrons. The van der Waals surface area contributed by atoms with Gasteiger partial charge in [0.25, 0.3) is 0 Å². The van der Waals surface area contributed by atoms with Crippen LogP contribution >= 0.6 is 0 Å². The predicted molar refractivity (Wildman–Crippen MR) is 71.3 cm³/mol. The Morgan fingerprint density at radius 1 is 1.06 bits per heavy atom. The molecule has 0 bridgehead atoms. The van der Waals surface area contributed by atoms with Gasteiger partial charge in [-0.3, -0.25) is 0 Å². The van der Waals surface area contributed by atoms with E-state index in [9.17, 15) is 0 Å². The molecule has 0 unspecified atom stereocenters. The Hall–Kier alpha value is -2.22. The number of hydrogen-bond acceptors (Lipinski definition) is 2. The van der Waals surface area contributed by atoms with Crippen molar-refractivity contribution < 1.29 is 4.74 Å². The minimum absolute atomic E-state index is 0.733. The summed E-state index contributed by atoms with van der Waals surface area (Å²) in [7, 11) is 0. The van der Waals surface area contributed by atoms with E-state index in [1.165, 1.54) is 0 Å². The zero-order chi connectivity index (χ0) is 12.1. The van der Waals surface area contributed by atoms with Crippen LogP contribution in [0.2, 0.25) is 0 Å². The number of anilines is 1. The third-order valence-corrected chi connectivity index (χ3v) is 2.44. The van der Waals surface area contributed by atoms with E-state index in [0.717, 1.165) is 29.2 Å². The van der Waals surface area contributed by atoms with Gasteiger partial charge in [-0.05, 0) is 42.3 Å². The second-order valence-corrected chi connectivity index (χ2v) is 3.77. The molecule has 0 radical (unpaired) electrons. The van der Waals surface area contributed by atoms with E-state index in [2.05, 4.69) is 6.58 Å². The summed E-state index contributed by atoms with van der Waals surface area (Å²) in [6.07, 6.45) is 2.66. The highest BCUT2D eigenvalue weighted by Crippen LogP contribution is 2.26. The first kappa shape index (κ1) is 11.3. The first-order valence-electron chi connectivity index (χ1n) is 5.52. The SMILES string of the molecule is C=CCc1ccccc1Oc1ccc(N)cc1. The molecule has 2 heteroatoms. The number of nitrogen functional groups attached to an aromatic ring is 1. The fourth-order valence-electron chi connectivity index (χ4n) is 1.59. The van der Waals surface area contributed by atoms with E-state index in [-0.39, 0.29) is 0 Å². The second kappa shape index (κ2) is 5.21. The Bertz CT molecular complexity index is 503. The molecular weight excluding hydrogens is 210 g/mol. The predicted octanol–water partition coefficient (Wildman–Crippen LogP) is 3.79. The Morgan fingerprint density at radius 2 is 1.76 bits per heavy atom. The van der Waals surface area contributed by atoms with Crippen LogP contribution in [0.1, 0.15) is 5.56 Å². The smallest absolute Gasteiger partial charge is 0.130 e. The van der Waals surface area contributed by atoms with Gasteiger partial charge < -0.3 is 10.5 Å². The number of para-hydroxylation sites is 1. The van der Waals surface area contributed by atoms with Crippen LogP contribution in [0.25, 0.3) is 0 Å². The van der Waals surface area contributed by atoms with Crippen molar-refractivity contribution in [2.24, 2.45) is 0 Å². The summed E-state index contributed by atoms with van der Waals surface area (Å²) in [5.41, 5.74) is 7.49. The number of benzene rings is 2. The van der Waals surface area contributed by atoms with Gasteiger partial charge in [0.2, 0.25) is 0 Å². The van der Waals surface area contributed by atoms with Gasteiger partial charge >= 0.3 is 0 Å². The molecular formula is C15H15NO. The van der Waals surface area contributed by atoms with E-state index in [1.807, 2.05) is 54.6 Å². The summed E-state index contributed by atoms with van der Waals surface area (Å²) in [6.45, 7) is 3.74. The fourth-order valence-corrected chi connectivity index (χ4v) is 1.59. The number of ether oxygens (including phenoxy) is 1. The number of hydrogen-bond donors (Lipinski definition) is 1. The van der Waals surface area contributed by atoms with E-state index in [1.54, 1.807) is 0 Å². The summed E-state index contributed by atoms with van der Waals surface area (Å²) < 4.78 is 5.81. The quantitative estimate of drug-likeness (QED) is 0.634. The van der Waals surface area contributed by atoms with E-state index < -0.39 is 0 Å². The third-order valence-electron chi connectivity index (χ3n) is 2.44. The molecule has 0 atom stereocenters. The Labute approximate surface area is 101 Å². The van der Waals surface area contributed by atoms with Crippen LogP contribution in [0, 0.1) is 0 Å². The van der Waals surface area contributed by atoms with Gasteiger partial charge in [0.15, 0.2) is 0 Å². The molecule has 0 saturated heterocycles. The summed E-state index contributed by atoms with van der Waals surface area (Å²) >= 11 is 0. The van der Waals surface area contributed by atoms with Crippen LogP contribution in [0.3, 0.4) is 0 Å². The molecule has 0 aromatic heterocycles. The van der Waals surface area contributed by atoms with Crippen molar-refractivity contribution >= 4 is 5.69 Å². The Balaban J connectivity index is 2.23. The summed E-state index contributed by atoms with van der Waals surface area (Å²) in [6, 6.07) is 15.3. The van der Waals surface area contributed by atoms with Gasteiger partial charge in [-0.1, -0.05) is 24.3 Å². The maximum Gasteiger partial charge on any atom is 0.130 e. The van der Waals surface area contributed by atoms with Gasteiger partial charge in [0.1, 0.15) is 11.5 Å². The second-order valence-electron chi connectivity index (χ2n) is 3.77. The maximum absolute atomic E-state index is 5.81. The van der Waals surface area contributed by atoms with Crippen LogP contribution in [-0.4, -0.2) is 0 Å². The van der Waals surface area contributed by atoms with Gasteiger partial charge in [0, 0.05) is 5.69 Å². The lowest BCUT2D eigenvalue weighted by atomic mass is 10.1. The van der Waals surface area contributed by atoms with Crippen LogP contribution in [0.4, 0.5) is 5.69 Å². The van der Waals surface area contributed by atoms with Crippen LogP contribution in [0.15, 0.2) is 61.2 Å². The van der Waals surface area contributed by atoms with E-state index >= 15 is 0 Å². The molecule has 17 heavy (non-hydrogen) atoms. The molecule has 2 aromatic rings. The first-order valence-corrected chi connectivity index (χ1v) is 5.52. The molecule has 0 saturated carbocycles. The van der Waals surface area contributed by atoms with E-state index in [0.29, 0.717) is 0 Å². The van der Waals surface area contributed by atoms with Gasteiger partial charge in [-0.15, -0.1) is 6.58 Å². The molecule has 0 aliphatic heterocycles. The van der Waals surface area contributed by atoms with Gasteiger partial charge in [-0.2, -0.15) is 0 Å². The van der Waals surface area contributed by atoms with Crippen molar-refractivity contribution in [2.75, 3.05) is 5.73 Å². The molecule has 2 nitrogen and oxygen atoms in total. The lowest BCUT2D eigenvalue weighted by Gasteiger charge is -2.09. The molecule has 0 amide bonds. The first-order chi connectivity index (χ1) is 8.29. The minimum Gasteiger partial charge on any atom is -0.457 e. The van der Waals surface area contributed by atoms with Crippen LogP contribution < -0.4 is 10.5 Å². The summed E-state index contributed by atoms with van der Waals surface area (Å²) in [5.74, 6) is 1.65. The zero-order valence-corrected chi connectivity index (χ0v) is 9.60. The highest BCUT2D eigenvalue weighted by molar-refractivity contribution is 5.44. The molecule has 2 rings (SSSR count). The largest absolute Gasteiger partial charge is 0.457 e. The topological polar surface area (TPSA) is 35.2 Å². The van der Waals surface area contributed by atoms with Crippen molar-refractivity contribution in [2.45, 2.75) is 6.42 Å². The van der Waals surface area contributed by atoms with Crippen molar-refractivity contribution in [1.82, 2.24) is 0 Å². The van der Waals surface area contributed by atoms with Crippen molar-refractivity contribution in [3.8, 4) is 11.5 Å². The Kier molecular flexibility index (Phi) is 3.46. The number of rotatable bonds is 4. The molecule has 2 N–H and O–H groups in total. The molecule has 0 aliphatic carbocycles. The lowest BCUT2D eigenvalue weighted by Crippen LogP contribution is -1.91. The number of nitrogens with two attached hydrogens (primary N) is 1. The zero-order valence-electron chi connectivity index (χ0n) is 9.60. The van der Waals surface area contributed by atoms with Gasteiger partial charge in [-0.25, -0.2) is 0 Å². The Morgan fingerprint density at radius 3 is 2.47 bits per heavy atom. The molecule has 0 spiro atoms. The van der Waals surface area contributed by atoms with Crippen LogP contribution in [0.5, 0.6) is 11.5 Å². The monoisotopic (exact) mass is 225 g/mol. The summed E-state index contributed by atoms with van der Waals surface area (Å²) in [4.78, 5) is 0. The van der Waals surface area contributed by atoms with Crippen LogP contribution in [-0.2, 0) is 6.42 Å². The molecule has 0 heterocycles. The van der Waals surface area contributed by atoms with Gasteiger partial charge in [0.05, 0.1) is 0 Å².